The zero-order valence-electron chi connectivity index (χ0n) is 13.9. The maximum absolute atomic E-state index is 13.0. The quantitative estimate of drug-likeness (QED) is 0.887. The van der Waals surface area contributed by atoms with Crippen LogP contribution in [0.25, 0.3) is 0 Å². The highest BCUT2D eigenvalue weighted by atomic mass is 19.1. The van der Waals surface area contributed by atoms with Gasteiger partial charge in [-0.2, -0.15) is 0 Å². The standard InChI is InChI=1S/C18H20FN3O2/c1-12-10-14(19)6-9-16(12)20-11-17(23)21-15-7-4-13(5-8-15)18(24)22(2)3/h4-10,20H,11H2,1-3H3,(H,21,23). The van der Waals surface area contributed by atoms with Crippen LogP contribution in [0.2, 0.25) is 0 Å². The van der Waals surface area contributed by atoms with E-state index in [9.17, 15) is 14.0 Å². The molecule has 0 saturated heterocycles. The summed E-state index contributed by atoms with van der Waals surface area (Å²) in [5, 5.41) is 5.70. The zero-order valence-corrected chi connectivity index (χ0v) is 13.9. The van der Waals surface area contributed by atoms with E-state index in [1.54, 1.807) is 51.4 Å². The molecule has 0 aliphatic rings. The van der Waals surface area contributed by atoms with E-state index in [1.807, 2.05) is 0 Å². The van der Waals surface area contributed by atoms with Crippen LogP contribution in [-0.2, 0) is 4.79 Å². The topological polar surface area (TPSA) is 61.4 Å². The fourth-order valence-electron chi connectivity index (χ4n) is 2.16. The molecule has 0 radical (unpaired) electrons. The molecule has 0 heterocycles. The van der Waals surface area contributed by atoms with Crippen molar-refractivity contribution in [3.63, 3.8) is 0 Å². The second-order valence-electron chi connectivity index (χ2n) is 5.64. The number of hydrogen-bond acceptors (Lipinski definition) is 3. The molecule has 0 unspecified atom stereocenters. The summed E-state index contributed by atoms with van der Waals surface area (Å²) in [6, 6.07) is 11.0. The van der Waals surface area contributed by atoms with Gasteiger partial charge in [0.25, 0.3) is 5.91 Å². The molecule has 0 aliphatic heterocycles. The molecule has 0 atom stereocenters. The summed E-state index contributed by atoms with van der Waals surface area (Å²) >= 11 is 0. The van der Waals surface area contributed by atoms with Crippen LogP contribution in [-0.4, -0.2) is 37.4 Å². The molecular formula is C18H20FN3O2. The maximum atomic E-state index is 13.0. The maximum Gasteiger partial charge on any atom is 0.253 e. The molecule has 0 fully saturated rings. The average Bonchev–Trinajstić information content (AvgIpc) is 2.54. The van der Waals surface area contributed by atoms with E-state index in [0.717, 1.165) is 5.56 Å². The number of benzene rings is 2. The van der Waals surface area contributed by atoms with E-state index in [-0.39, 0.29) is 24.2 Å². The van der Waals surface area contributed by atoms with Crippen LogP contribution in [0.4, 0.5) is 15.8 Å². The van der Waals surface area contributed by atoms with E-state index in [4.69, 9.17) is 0 Å². The van der Waals surface area contributed by atoms with Gasteiger partial charge < -0.3 is 15.5 Å². The van der Waals surface area contributed by atoms with Gasteiger partial charge in [0.15, 0.2) is 0 Å². The highest BCUT2D eigenvalue weighted by molar-refractivity contribution is 5.96. The van der Waals surface area contributed by atoms with Crippen LogP contribution in [0.5, 0.6) is 0 Å². The molecule has 24 heavy (non-hydrogen) atoms. The largest absolute Gasteiger partial charge is 0.376 e. The average molecular weight is 329 g/mol. The smallest absolute Gasteiger partial charge is 0.253 e. The van der Waals surface area contributed by atoms with Crippen molar-refractivity contribution in [2.45, 2.75) is 6.92 Å². The number of halogens is 1. The molecule has 6 heteroatoms. The van der Waals surface area contributed by atoms with Gasteiger partial charge in [-0.15, -0.1) is 0 Å². The first kappa shape index (κ1) is 17.5. The number of carbonyl (C=O) groups is 2. The Bertz CT molecular complexity index is 742. The predicted molar refractivity (Wildman–Crippen MR) is 92.7 cm³/mol. The summed E-state index contributed by atoms with van der Waals surface area (Å²) in [7, 11) is 3.36. The first-order chi connectivity index (χ1) is 11.4. The van der Waals surface area contributed by atoms with Crippen molar-refractivity contribution >= 4 is 23.2 Å². The number of hydrogen-bond donors (Lipinski definition) is 2. The molecule has 2 N–H and O–H groups in total. The number of rotatable bonds is 5. The Hall–Kier alpha value is -2.89. The number of anilines is 2. The minimum absolute atomic E-state index is 0.0604. The fraction of sp³-hybridized carbons (Fsp3) is 0.222. The first-order valence-electron chi connectivity index (χ1n) is 7.48. The van der Waals surface area contributed by atoms with E-state index in [1.165, 1.54) is 17.0 Å². The third-order valence-electron chi connectivity index (χ3n) is 3.45. The molecular weight excluding hydrogens is 309 g/mol. The van der Waals surface area contributed by atoms with E-state index in [2.05, 4.69) is 10.6 Å². The number of amides is 2. The van der Waals surface area contributed by atoms with Gasteiger partial charge in [-0.25, -0.2) is 4.39 Å². The Morgan fingerprint density at radius 2 is 1.75 bits per heavy atom. The van der Waals surface area contributed by atoms with Crippen LogP contribution >= 0.6 is 0 Å². The van der Waals surface area contributed by atoms with Crippen molar-refractivity contribution in [2.24, 2.45) is 0 Å². The van der Waals surface area contributed by atoms with Crippen molar-refractivity contribution in [2.75, 3.05) is 31.3 Å². The molecule has 2 aromatic carbocycles. The molecule has 2 rings (SSSR count). The van der Waals surface area contributed by atoms with Crippen LogP contribution in [0.3, 0.4) is 0 Å². The van der Waals surface area contributed by atoms with Crippen LogP contribution in [0, 0.1) is 12.7 Å². The molecule has 2 amide bonds. The number of nitrogens with zero attached hydrogens (tertiary/aromatic N) is 1. The van der Waals surface area contributed by atoms with Gasteiger partial charge >= 0.3 is 0 Å². The Balaban J connectivity index is 1.91. The first-order valence-corrected chi connectivity index (χ1v) is 7.48. The van der Waals surface area contributed by atoms with Gasteiger partial charge in [-0.1, -0.05) is 0 Å². The Kier molecular flexibility index (Phi) is 5.52. The van der Waals surface area contributed by atoms with Crippen molar-refractivity contribution in [3.8, 4) is 0 Å². The van der Waals surface area contributed by atoms with Gasteiger partial charge in [0.1, 0.15) is 5.82 Å². The lowest BCUT2D eigenvalue weighted by molar-refractivity contribution is -0.114. The number of aryl methyl sites for hydroxylation is 1. The van der Waals surface area contributed by atoms with Gasteiger partial charge in [0.2, 0.25) is 5.91 Å². The van der Waals surface area contributed by atoms with Crippen molar-refractivity contribution < 1.29 is 14.0 Å². The summed E-state index contributed by atoms with van der Waals surface area (Å²) in [6.45, 7) is 1.83. The second-order valence-corrected chi connectivity index (χ2v) is 5.64. The molecule has 0 spiro atoms. The third-order valence-corrected chi connectivity index (χ3v) is 3.45. The van der Waals surface area contributed by atoms with Gasteiger partial charge in [-0.05, 0) is 55.0 Å². The normalized spacial score (nSPS) is 10.2. The van der Waals surface area contributed by atoms with Gasteiger partial charge in [0.05, 0.1) is 6.54 Å². The molecule has 126 valence electrons. The second kappa shape index (κ2) is 7.59. The number of carbonyl (C=O) groups excluding carboxylic acids is 2. The fourth-order valence-corrected chi connectivity index (χ4v) is 2.16. The highest BCUT2D eigenvalue weighted by Gasteiger charge is 2.08. The molecule has 2 aromatic rings. The minimum Gasteiger partial charge on any atom is -0.376 e. The molecule has 5 nitrogen and oxygen atoms in total. The Morgan fingerprint density at radius 3 is 2.33 bits per heavy atom. The van der Waals surface area contributed by atoms with Gasteiger partial charge in [0, 0.05) is 31.0 Å². The van der Waals surface area contributed by atoms with E-state index >= 15 is 0 Å². The summed E-state index contributed by atoms with van der Waals surface area (Å²) in [5.74, 6) is -0.637. The van der Waals surface area contributed by atoms with Gasteiger partial charge in [-0.3, -0.25) is 9.59 Å². The summed E-state index contributed by atoms with van der Waals surface area (Å²) < 4.78 is 13.0. The van der Waals surface area contributed by atoms with Crippen molar-refractivity contribution in [1.29, 1.82) is 0 Å². The SMILES string of the molecule is Cc1cc(F)ccc1NCC(=O)Nc1ccc(C(=O)N(C)C)cc1. The lowest BCUT2D eigenvalue weighted by atomic mass is 10.2. The van der Waals surface area contributed by atoms with E-state index < -0.39 is 0 Å². The summed E-state index contributed by atoms with van der Waals surface area (Å²) in [4.78, 5) is 25.3. The summed E-state index contributed by atoms with van der Waals surface area (Å²) in [6.07, 6.45) is 0. The molecule has 0 aromatic heterocycles. The summed E-state index contributed by atoms with van der Waals surface area (Å²) in [5.41, 5.74) is 2.60. The lowest BCUT2D eigenvalue weighted by Gasteiger charge is -2.12. The number of nitrogens with one attached hydrogen (secondary N) is 2. The van der Waals surface area contributed by atoms with Crippen molar-refractivity contribution in [3.05, 3.63) is 59.4 Å². The minimum atomic E-state index is -0.310. The van der Waals surface area contributed by atoms with Crippen molar-refractivity contribution in [1.82, 2.24) is 4.90 Å². The highest BCUT2D eigenvalue weighted by Crippen LogP contribution is 2.15. The van der Waals surface area contributed by atoms with Crippen LogP contribution in [0.15, 0.2) is 42.5 Å². The molecule has 0 saturated carbocycles. The predicted octanol–water partition coefficient (Wildman–Crippen LogP) is 2.89. The third kappa shape index (κ3) is 4.55. The Labute approximate surface area is 140 Å². The molecule has 0 bridgehead atoms. The Morgan fingerprint density at radius 1 is 1.08 bits per heavy atom. The van der Waals surface area contributed by atoms with E-state index in [0.29, 0.717) is 16.9 Å². The van der Waals surface area contributed by atoms with Crippen LogP contribution < -0.4 is 10.6 Å². The lowest BCUT2D eigenvalue weighted by Crippen LogP contribution is -2.23. The zero-order chi connectivity index (χ0) is 17.7. The molecule has 0 aliphatic carbocycles. The van der Waals surface area contributed by atoms with Crippen LogP contribution in [0.1, 0.15) is 15.9 Å². The monoisotopic (exact) mass is 329 g/mol.